The van der Waals surface area contributed by atoms with Gasteiger partial charge in [0.25, 0.3) is 5.91 Å². The summed E-state index contributed by atoms with van der Waals surface area (Å²) in [5.41, 5.74) is 0.912. The van der Waals surface area contributed by atoms with Crippen LogP contribution in [0.4, 0.5) is 5.69 Å². The molecule has 1 heterocycles. The van der Waals surface area contributed by atoms with E-state index in [1.165, 1.54) is 0 Å². The fraction of sp³-hybridized carbons (Fsp3) is 0.222. The molecule has 0 saturated heterocycles. The van der Waals surface area contributed by atoms with Crippen molar-refractivity contribution in [3.05, 3.63) is 59.7 Å². The molecule has 2 aromatic rings. The SMILES string of the molecule is CN1C(=O)C(C)(C)Oc2cc(C(=O)c3ccccc3)ccc21. The second-order valence-corrected chi connectivity index (χ2v) is 5.85. The highest BCUT2D eigenvalue weighted by atomic mass is 16.5. The standard InChI is InChI=1S/C18H17NO3/c1-18(2)17(21)19(3)14-10-9-13(11-15(14)22-18)16(20)12-7-5-4-6-8-12/h4-11H,1-3H3. The first-order valence-corrected chi connectivity index (χ1v) is 7.11. The zero-order chi connectivity index (χ0) is 15.9. The number of anilines is 1. The molecule has 1 aliphatic rings. The fourth-order valence-electron chi connectivity index (χ4n) is 2.60. The van der Waals surface area contributed by atoms with Crippen LogP contribution >= 0.6 is 0 Å². The first-order valence-electron chi connectivity index (χ1n) is 7.11. The van der Waals surface area contributed by atoms with Crippen molar-refractivity contribution in [2.45, 2.75) is 19.4 Å². The number of hydrogen-bond donors (Lipinski definition) is 0. The molecule has 3 rings (SSSR count). The predicted molar refractivity (Wildman–Crippen MR) is 84.4 cm³/mol. The van der Waals surface area contributed by atoms with Crippen LogP contribution < -0.4 is 9.64 Å². The summed E-state index contributed by atoms with van der Waals surface area (Å²) in [4.78, 5) is 26.3. The van der Waals surface area contributed by atoms with Gasteiger partial charge in [0.1, 0.15) is 5.75 Å². The van der Waals surface area contributed by atoms with Gasteiger partial charge < -0.3 is 9.64 Å². The van der Waals surface area contributed by atoms with E-state index < -0.39 is 5.60 Å². The van der Waals surface area contributed by atoms with Gasteiger partial charge >= 0.3 is 0 Å². The lowest BCUT2D eigenvalue weighted by Crippen LogP contribution is -2.50. The van der Waals surface area contributed by atoms with Gasteiger partial charge in [0.15, 0.2) is 11.4 Å². The van der Waals surface area contributed by atoms with Crippen molar-refractivity contribution in [3.63, 3.8) is 0 Å². The van der Waals surface area contributed by atoms with Crippen LogP contribution in [-0.2, 0) is 4.79 Å². The minimum Gasteiger partial charge on any atom is -0.476 e. The van der Waals surface area contributed by atoms with Gasteiger partial charge in [-0.3, -0.25) is 9.59 Å². The highest BCUT2D eigenvalue weighted by Gasteiger charge is 2.39. The molecule has 2 aromatic carbocycles. The topological polar surface area (TPSA) is 46.6 Å². The van der Waals surface area contributed by atoms with Crippen LogP contribution in [0.15, 0.2) is 48.5 Å². The van der Waals surface area contributed by atoms with Crippen LogP contribution in [0.1, 0.15) is 29.8 Å². The largest absolute Gasteiger partial charge is 0.476 e. The van der Waals surface area contributed by atoms with E-state index in [1.54, 1.807) is 56.1 Å². The van der Waals surface area contributed by atoms with E-state index in [0.29, 0.717) is 22.6 Å². The summed E-state index contributed by atoms with van der Waals surface area (Å²) in [6.45, 7) is 3.45. The first kappa shape index (κ1) is 14.3. The molecule has 1 aliphatic heterocycles. The summed E-state index contributed by atoms with van der Waals surface area (Å²) < 4.78 is 5.79. The third-order valence-electron chi connectivity index (χ3n) is 3.80. The van der Waals surface area contributed by atoms with E-state index in [0.717, 1.165) is 0 Å². The molecule has 0 spiro atoms. The average molecular weight is 295 g/mol. The van der Waals surface area contributed by atoms with Crippen LogP contribution in [0.3, 0.4) is 0 Å². The summed E-state index contributed by atoms with van der Waals surface area (Å²) >= 11 is 0. The molecule has 0 fully saturated rings. The molecule has 0 bridgehead atoms. The highest BCUT2D eigenvalue weighted by molar-refractivity contribution is 6.10. The third kappa shape index (κ3) is 2.26. The maximum Gasteiger partial charge on any atom is 0.270 e. The zero-order valence-electron chi connectivity index (χ0n) is 12.8. The second kappa shape index (κ2) is 4.98. The van der Waals surface area contributed by atoms with Crippen LogP contribution in [0, 0.1) is 0 Å². The number of ether oxygens (including phenoxy) is 1. The van der Waals surface area contributed by atoms with Crippen molar-refractivity contribution in [1.82, 2.24) is 0 Å². The summed E-state index contributed by atoms with van der Waals surface area (Å²) in [6.07, 6.45) is 0. The van der Waals surface area contributed by atoms with E-state index in [9.17, 15) is 9.59 Å². The summed E-state index contributed by atoms with van der Waals surface area (Å²) in [5.74, 6) is 0.375. The first-order chi connectivity index (χ1) is 10.4. The minimum absolute atomic E-state index is 0.0654. The van der Waals surface area contributed by atoms with E-state index in [-0.39, 0.29) is 11.7 Å². The molecule has 4 heteroatoms. The molecule has 0 radical (unpaired) electrons. The smallest absolute Gasteiger partial charge is 0.270 e. The molecule has 0 unspecified atom stereocenters. The average Bonchev–Trinajstić information content (AvgIpc) is 2.52. The summed E-state index contributed by atoms with van der Waals surface area (Å²) in [7, 11) is 1.71. The number of ketones is 1. The Morgan fingerprint density at radius 3 is 2.41 bits per heavy atom. The molecule has 0 N–H and O–H groups in total. The third-order valence-corrected chi connectivity index (χ3v) is 3.80. The van der Waals surface area contributed by atoms with Gasteiger partial charge in [-0.05, 0) is 32.0 Å². The van der Waals surface area contributed by atoms with Gasteiger partial charge in [0.2, 0.25) is 0 Å². The summed E-state index contributed by atoms with van der Waals surface area (Å²) in [6, 6.07) is 14.3. The molecule has 4 nitrogen and oxygen atoms in total. The van der Waals surface area contributed by atoms with Crippen molar-refractivity contribution in [2.24, 2.45) is 0 Å². The molecule has 0 aromatic heterocycles. The van der Waals surface area contributed by atoms with Gasteiger partial charge in [0.05, 0.1) is 5.69 Å². The predicted octanol–water partition coefficient (Wildman–Crippen LogP) is 3.05. The van der Waals surface area contributed by atoms with Crippen molar-refractivity contribution in [2.75, 3.05) is 11.9 Å². The maximum atomic E-state index is 12.5. The fourth-order valence-corrected chi connectivity index (χ4v) is 2.60. The Kier molecular flexibility index (Phi) is 3.24. The number of likely N-dealkylation sites (N-methyl/N-ethyl adjacent to an activating group) is 1. The Morgan fingerprint density at radius 1 is 1.05 bits per heavy atom. The van der Waals surface area contributed by atoms with Gasteiger partial charge in [-0.1, -0.05) is 30.3 Å². The van der Waals surface area contributed by atoms with Crippen LogP contribution in [0.25, 0.3) is 0 Å². The lowest BCUT2D eigenvalue weighted by molar-refractivity contribution is -0.132. The zero-order valence-corrected chi connectivity index (χ0v) is 12.8. The second-order valence-electron chi connectivity index (χ2n) is 5.85. The lowest BCUT2D eigenvalue weighted by atomic mass is 10.00. The van der Waals surface area contributed by atoms with Crippen molar-refractivity contribution >= 4 is 17.4 Å². The monoisotopic (exact) mass is 295 g/mol. The maximum absolute atomic E-state index is 12.5. The molecule has 1 amide bonds. The Bertz CT molecular complexity index is 750. The number of carbonyl (C=O) groups is 2. The molecule has 0 aliphatic carbocycles. The summed E-state index contributed by atoms with van der Waals surface area (Å²) in [5, 5.41) is 0. The molecular formula is C18H17NO3. The van der Waals surface area contributed by atoms with Gasteiger partial charge in [0, 0.05) is 18.2 Å². The van der Waals surface area contributed by atoms with Gasteiger partial charge in [-0.2, -0.15) is 0 Å². The molecule has 0 saturated carbocycles. The number of nitrogens with zero attached hydrogens (tertiary/aromatic N) is 1. The number of fused-ring (bicyclic) bond motifs is 1. The normalized spacial score (nSPS) is 16.0. The Balaban J connectivity index is 2.02. The van der Waals surface area contributed by atoms with Crippen LogP contribution in [0.5, 0.6) is 5.75 Å². The molecule has 22 heavy (non-hydrogen) atoms. The number of amides is 1. The van der Waals surface area contributed by atoms with E-state index in [2.05, 4.69) is 0 Å². The van der Waals surface area contributed by atoms with Crippen molar-refractivity contribution in [3.8, 4) is 5.75 Å². The number of hydrogen-bond acceptors (Lipinski definition) is 3. The quantitative estimate of drug-likeness (QED) is 0.800. The van der Waals surface area contributed by atoms with E-state index in [4.69, 9.17) is 4.74 Å². The number of carbonyl (C=O) groups excluding carboxylic acids is 2. The molecular weight excluding hydrogens is 278 g/mol. The van der Waals surface area contributed by atoms with Crippen LogP contribution in [0.2, 0.25) is 0 Å². The Hall–Kier alpha value is -2.62. The van der Waals surface area contributed by atoms with Gasteiger partial charge in [-0.25, -0.2) is 0 Å². The lowest BCUT2D eigenvalue weighted by Gasteiger charge is -2.37. The molecule has 112 valence electrons. The Labute approximate surface area is 129 Å². The van der Waals surface area contributed by atoms with E-state index in [1.807, 2.05) is 18.2 Å². The van der Waals surface area contributed by atoms with Gasteiger partial charge in [-0.15, -0.1) is 0 Å². The Morgan fingerprint density at radius 2 is 1.73 bits per heavy atom. The highest BCUT2D eigenvalue weighted by Crippen LogP contribution is 2.37. The van der Waals surface area contributed by atoms with Crippen molar-refractivity contribution in [1.29, 1.82) is 0 Å². The van der Waals surface area contributed by atoms with E-state index >= 15 is 0 Å². The number of benzene rings is 2. The minimum atomic E-state index is -0.934. The van der Waals surface area contributed by atoms with Crippen LogP contribution in [-0.4, -0.2) is 24.3 Å². The molecule has 0 atom stereocenters. The van der Waals surface area contributed by atoms with Crippen molar-refractivity contribution < 1.29 is 14.3 Å². The number of rotatable bonds is 2.